The quantitative estimate of drug-likeness (QED) is 0.585. The van der Waals surface area contributed by atoms with Crippen LogP contribution in [0.15, 0.2) is 24.3 Å². The van der Waals surface area contributed by atoms with Crippen LogP contribution in [0.4, 0.5) is 0 Å². The second-order valence-corrected chi connectivity index (χ2v) is 4.56. The first-order chi connectivity index (χ1) is 9.33. The van der Waals surface area contributed by atoms with Crippen LogP contribution in [0.5, 0.6) is 5.75 Å². The molecule has 104 valence electrons. The molecule has 1 aliphatic heterocycles. The van der Waals surface area contributed by atoms with Crippen LogP contribution in [0.2, 0.25) is 0 Å². The highest BCUT2D eigenvalue weighted by Gasteiger charge is 2.25. The van der Waals surface area contributed by atoms with Gasteiger partial charge in [0.25, 0.3) is 0 Å². The molecule has 1 saturated heterocycles. The molecule has 0 aliphatic carbocycles. The molecule has 1 aliphatic rings. The summed E-state index contributed by atoms with van der Waals surface area (Å²) in [5.41, 5.74) is 0.602. The van der Waals surface area contributed by atoms with E-state index >= 15 is 0 Å². The predicted molar refractivity (Wildman–Crippen MR) is 71.7 cm³/mol. The zero-order valence-corrected chi connectivity index (χ0v) is 11.3. The van der Waals surface area contributed by atoms with Crippen LogP contribution in [0.1, 0.15) is 29.6 Å². The van der Waals surface area contributed by atoms with E-state index in [0.717, 1.165) is 19.3 Å². The SMILES string of the molecule is COCCOc1ccccc1C(=O)C1CCCCO1. The Balaban J connectivity index is 2.07. The standard InChI is InChI=1S/C15H20O4/c1-17-10-11-19-13-7-3-2-6-12(13)15(16)14-8-4-5-9-18-14/h2-3,6-7,14H,4-5,8-11H2,1H3. The predicted octanol–water partition coefficient (Wildman–Crippen LogP) is 2.46. The molecule has 1 heterocycles. The molecule has 1 aromatic carbocycles. The molecule has 0 aromatic heterocycles. The number of benzene rings is 1. The summed E-state index contributed by atoms with van der Waals surface area (Å²) < 4.78 is 16.1. The van der Waals surface area contributed by atoms with Gasteiger partial charge in [0.05, 0.1) is 12.2 Å². The molecule has 0 bridgehead atoms. The van der Waals surface area contributed by atoms with Crippen LogP contribution in [-0.4, -0.2) is 38.8 Å². The summed E-state index contributed by atoms with van der Waals surface area (Å²) in [5.74, 6) is 0.631. The summed E-state index contributed by atoms with van der Waals surface area (Å²) in [5, 5.41) is 0. The van der Waals surface area contributed by atoms with Crippen molar-refractivity contribution in [2.75, 3.05) is 26.9 Å². The second kappa shape index (κ2) is 7.26. The summed E-state index contributed by atoms with van der Waals surface area (Å²) >= 11 is 0. The number of methoxy groups -OCH3 is 1. The normalized spacial score (nSPS) is 19.1. The van der Waals surface area contributed by atoms with Gasteiger partial charge in [-0.2, -0.15) is 0 Å². The highest BCUT2D eigenvalue weighted by atomic mass is 16.5. The van der Waals surface area contributed by atoms with Crippen LogP contribution in [0, 0.1) is 0 Å². The number of hydrogen-bond donors (Lipinski definition) is 0. The number of para-hydroxylation sites is 1. The number of rotatable bonds is 6. The third-order valence-electron chi connectivity index (χ3n) is 3.17. The minimum absolute atomic E-state index is 0.0210. The van der Waals surface area contributed by atoms with Crippen molar-refractivity contribution in [2.45, 2.75) is 25.4 Å². The Morgan fingerprint density at radius 1 is 1.32 bits per heavy atom. The van der Waals surface area contributed by atoms with Crippen molar-refractivity contribution in [3.63, 3.8) is 0 Å². The molecule has 1 unspecified atom stereocenters. The lowest BCUT2D eigenvalue weighted by atomic mass is 9.99. The Bertz CT molecular complexity index is 410. The first kappa shape index (κ1) is 14.0. The summed E-state index contributed by atoms with van der Waals surface area (Å²) in [7, 11) is 1.62. The first-order valence-corrected chi connectivity index (χ1v) is 6.69. The van der Waals surface area contributed by atoms with E-state index in [1.165, 1.54) is 0 Å². The Hall–Kier alpha value is -1.39. The van der Waals surface area contributed by atoms with E-state index in [2.05, 4.69) is 0 Å². The number of ketones is 1. The maximum Gasteiger partial charge on any atom is 0.195 e. The maximum absolute atomic E-state index is 12.4. The average Bonchev–Trinajstić information content (AvgIpc) is 2.48. The molecule has 0 amide bonds. The topological polar surface area (TPSA) is 44.8 Å². The monoisotopic (exact) mass is 264 g/mol. The average molecular weight is 264 g/mol. The largest absolute Gasteiger partial charge is 0.490 e. The van der Waals surface area contributed by atoms with E-state index in [9.17, 15) is 4.79 Å². The third kappa shape index (κ3) is 3.78. The van der Waals surface area contributed by atoms with E-state index < -0.39 is 0 Å². The van der Waals surface area contributed by atoms with Gasteiger partial charge >= 0.3 is 0 Å². The van der Waals surface area contributed by atoms with E-state index in [1.54, 1.807) is 13.2 Å². The van der Waals surface area contributed by atoms with Gasteiger partial charge in [0.2, 0.25) is 0 Å². The lowest BCUT2D eigenvalue weighted by molar-refractivity contribution is 0.0183. The summed E-state index contributed by atoms with van der Waals surface area (Å²) in [6.45, 7) is 1.61. The van der Waals surface area contributed by atoms with Crippen molar-refractivity contribution >= 4 is 5.78 Å². The zero-order valence-electron chi connectivity index (χ0n) is 11.3. The first-order valence-electron chi connectivity index (χ1n) is 6.69. The Kier molecular flexibility index (Phi) is 5.36. The fourth-order valence-corrected chi connectivity index (χ4v) is 2.15. The number of ether oxygens (including phenoxy) is 3. The summed E-state index contributed by atoms with van der Waals surface area (Å²) in [6.07, 6.45) is 2.56. The molecule has 0 radical (unpaired) electrons. The van der Waals surface area contributed by atoms with Crippen LogP contribution in [-0.2, 0) is 9.47 Å². The van der Waals surface area contributed by atoms with Gasteiger partial charge in [0.15, 0.2) is 5.78 Å². The maximum atomic E-state index is 12.4. The fourth-order valence-electron chi connectivity index (χ4n) is 2.15. The number of carbonyl (C=O) groups is 1. The number of carbonyl (C=O) groups excluding carboxylic acids is 1. The van der Waals surface area contributed by atoms with Crippen LogP contribution < -0.4 is 4.74 Å². The van der Waals surface area contributed by atoms with Crippen LogP contribution in [0.3, 0.4) is 0 Å². The summed E-state index contributed by atoms with van der Waals surface area (Å²) in [6, 6.07) is 7.31. The second-order valence-electron chi connectivity index (χ2n) is 4.56. The smallest absolute Gasteiger partial charge is 0.195 e. The minimum atomic E-state index is -0.319. The molecule has 0 N–H and O–H groups in total. The van der Waals surface area contributed by atoms with E-state index in [1.807, 2.05) is 18.2 Å². The lowest BCUT2D eigenvalue weighted by Gasteiger charge is -2.22. The molecule has 0 saturated carbocycles. The van der Waals surface area contributed by atoms with Crippen molar-refractivity contribution < 1.29 is 19.0 Å². The highest BCUT2D eigenvalue weighted by molar-refractivity contribution is 6.01. The van der Waals surface area contributed by atoms with Gasteiger partial charge in [-0.25, -0.2) is 0 Å². The molecular weight excluding hydrogens is 244 g/mol. The third-order valence-corrected chi connectivity index (χ3v) is 3.17. The summed E-state index contributed by atoms with van der Waals surface area (Å²) in [4.78, 5) is 12.4. The lowest BCUT2D eigenvalue weighted by Crippen LogP contribution is -2.28. The van der Waals surface area contributed by atoms with Gasteiger partial charge in [0, 0.05) is 13.7 Å². The number of Topliss-reactive ketones (excluding diaryl/α,β-unsaturated/α-hetero) is 1. The molecule has 2 rings (SSSR count). The molecule has 0 spiro atoms. The molecule has 4 heteroatoms. The van der Waals surface area contributed by atoms with Gasteiger partial charge in [-0.05, 0) is 31.4 Å². The van der Waals surface area contributed by atoms with Gasteiger partial charge in [-0.15, -0.1) is 0 Å². The van der Waals surface area contributed by atoms with Crippen molar-refractivity contribution in [1.29, 1.82) is 0 Å². The van der Waals surface area contributed by atoms with Crippen LogP contribution >= 0.6 is 0 Å². The fraction of sp³-hybridized carbons (Fsp3) is 0.533. The van der Waals surface area contributed by atoms with E-state index in [0.29, 0.717) is 31.1 Å². The number of hydrogen-bond acceptors (Lipinski definition) is 4. The molecule has 1 fully saturated rings. The Morgan fingerprint density at radius 3 is 2.89 bits per heavy atom. The van der Waals surface area contributed by atoms with Crippen molar-refractivity contribution in [3.05, 3.63) is 29.8 Å². The van der Waals surface area contributed by atoms with E-state index in [-0.39, 0.29) is 11.9 Å². The van der Waals surface area contributed by atoms with Crippen molar-refractivity contribution in [1.82, 2.24) is 0 Å². The van der Waals surface area contributed by atoms with Crippen molar-refractivity contribution in [3.8, 4) is 5.75 Å². The van der Waals surface area contributed by atoms with Gasteiger partial charge in [-0.3, -0.25) is 4.79 Å². The molecule has 1 aromatic rings. The minimum Gasteiger partial charge on any atom is -0.490 e. The zero-order chi connectivity index (χ0) is 13.5. The molecule has 19 heavy (non-hydrogen) atoms. The van der Waals surface area contributed by atoms with E-state index in [4.69, 9.17) is 14.2 Å². The molecule has 4 nitrogen and oxygen atoms in total. The van der Waals surface area contributed by atoms with Crippen molar-refractivity contribution in [2.24, 2.45) is 0 Å². The Morgan fingerprint density at radius 2 is 2.16 bits per heavy atom. The Labute approximate surface area is 113 Å². The van der Waals surface area contributed by atoms with Gasteiger partial charge in [-0.1, -0.05) is 12.1 Å². The highest BCUT2D eigenvalue weighted by Crippen LogP contribution is 2.24. The van der Waals surface area contributed by atoms with Gasteiger partial charge in [0.1, 0.15) is 18.5 Å². The molecular formula is C15H20O4. The molecule has 1 atom stereocenters. The van der Waals surface area contributed by atoms with Gasteiger partial charge < -0.3 is 14.2 Å². The van der Waals surface area contributed by atoms with Crippen LogP contribution in [0.25, 0.3) is 0 Å².